The number of aryl methyl sites for hydroxylation is 4. The van der Waals surface area contributed by atoms with Crippen LogP contribution in [0.3, 0.4) is 0 Å². The van der Waals surface area contributed by atoms with E-state index in [1.54, 1.807) is 0 Å². The number of aromatic nitrogens is 2. The predicted octanol–water partition coefficient (Wildman–Crippen LogP) is 17.1. The number of benzene rings is 9. The number of fused-ring (bicyclic) bond motifs is 1. The molecule has 0 amide bonds. The first-order valence-corrected chi connectivity index (χ1v) is 25.1. The molecule has 1 aliphatic heterocycles. The molecule has 0 bridgehead atoms. The second kappa shape index (κ2) is 22.1. The standard InChI is InChI=1S/C69H51N4.Ir/c1-4-15-54(16-5-1)55-34-36-56(37-35-55)58-19-14-20-59(46-58)67-42-38-60(48-71-67)64-23-10-11-24-65(64)61-44-52(43-53(45-61)30-28-51-33-41-66(70-47-51)57-17-6-2-7-18-57)29-27-50-31-39-63(40-32-50)73-49-72(62-21-8-3-9-22-62)68-25-12-13-26-69(68)73;/h1-19,21-26,31-39,41-49H,27-30H2;/q-3;+3. The van der Waals surface area contributed by atoms with Gasteiger partial charge < -0.3 is 14.8 Å². The minimum atomic E-state index is 0. The van der Waals surface area contributed by atoms with E-state index < -0.39 is 0 Å². The van der Waals surface area contributed by atoms with Gasteiger partial charge in [-0.15, -0.1) is 53.8 Å². The summed E-state index contributed by atoms with van der Waals surface area (Å²) in [6.45, 7) is 2.17. The van der Waals surface area contributed by atoms with Crippen molar-refractivity contribution in [3.05, 3.63) is 296 Å². The molecule has 0 saturated carbocycles. The topological polar surface area (TPSA) is 32.3 Å². The van der Waals surface area contributed by atoms with E-state index in [2.05, 4.69) is 259 Å². The van der Waals surface area contributed by atoms with Crippen molar-refractivity contribution in [3.8, 4) is 67.0 Å². The summed E-state index contributed by atoms with van der Waals surface area (Å²) < 4.78 is 0. The van der Waals surface area contributed by atoms with Crippen LogP contribution in [0.15, 0.2) is 255 Å². The van der Waals surface area contributed by atoms with Crippen LogP contribution in [-0.2, 0) is 45.8 Å². The summed E-state index contributed by atoms with van der Waals surface area (Å²) in [7, 11) is 0. The van der Waals surface area contributed by atoms with Gasteiger partial charge in [-0.1, -0.05) is 182 Å². The fourth-order valence-electron chi connectivity index (χ4n) is 9.97. The number of pyridine rings is 2. The van der Waals surface area contributed by atoms with Gasteiger partial charge in [-0.25, -0.2) is 0 Å². The fraction of sp³-hybridized carbons (Fsp3) is 0.0580. The van der Waals surface area contributed by atoms with Gasteiger partial charge >= 0.3 is 20.1 Å². The molecule has 2 aromatic heterocycles. The molecule has 74 heavy (non-hydrogen) atoms. The maximum absolute atomic E-state index is 5.05. The van der Waals surface area contributed by atoms with Gasteiger partial charge in [-0.2, -0.15) is 23.8 Å². The molecule has 0 aliphatic carbocycles. The van der Waals surface area contributed by atoms with Crippen LogP contribution >= 0.6 is 0 Å². The molecule has 0 unspecified atom stereocenters. The summed E-state index contributed by atoms with van der Waals surface area (Å²) in [6.07, 6.45) is 7.63. The molecule has 0 atom stereocenters. The number of para-hydroxylation sites is 3. The molecular formula is C69H51IrN4. The second-order valence-corrected chi connectivity index (χ2v) is 18.6. The molecule has 0 spiro atoms. The Kier molecular flexibility index (Phi) is 14.3. The summed E-state index contributed by atoms with van der Waals surface area (Å²) in [5.41, 5.74) is 22.8. The van der Waals surface area contributed by atoms with Crippen molar-refractivity contribution in [3.63, 3.8) is 0 Å². The Hall–Kier alpha value is -8.47. The van der Waals surface area contributed by atoms with Gasteiger partial charge in [0.2, 0.25) is 0 Å². The first kappa shape index (κ1) is 47.8. The normalized spacial score (nSPS) is 11.8. The molecule has 4 nitrogen and oxygen atoms in total. The van der Waals surface area contributed by atoms with E-state index in [0.717, 1.165) is 93.2 Å². The van der Waals surface area contributed by atoms with Gasteiger partial charge in [-0.05, 0) is 111 Å². The zero-order valence-electron chi connectivity index (χ0n) is 40.8. The van der Waals surface area contributed by atoms with Gasteiger partial charge in [0.05, 0.1) is 5.69 Å². The van der Waals surface area contributed by atoms with Crippen LogP contribution in [0.2, 0.25) is 0 Å². The Morgan fingerprint density at radius 2 is 0.905 bits per heavy atom. The zero-order chi connectivity index (χ0) is 48.8. The van der Waals surface area contributed by atoms with E-state index in [1.807, 2.05) is 24.5 Å². The van der Waals surface area contributed by atoms with E-state index in [4.69, 9.17) is 9.97 Å². The molecule has 11 aromatic rings. The number of hydrogen-bond acceptors (Lipinski definition) is 4. The molecule has 12 rings (SSSR count). The summed E-state index contributed by atoms with van der Waals surface area (Å²) in [6, 6.07) is 93.3. The first-order chi connectivity index (χ1) is 36.1. The molecule has 0 saturated heterocycles. The van der Waals surface area contributed by atoms with Gasteiger partial charge in [0, 0.05) is 35.0 Å². The monoisotopic (exact) mass is 1130 g/mol. The van der Waals surface area contributed by atoms with Crippen LogP contribution in [0.5, 0.6) is 0 Å². The Labute approximate surface area is 448 Å². The van der Waals surface area contributed by atoms with Crippen LogP contribution in [0.4, 0.5) is 22.7 Å². The summed E-state index contributed by atoms with van der Waals surface area (Å²) >= 11 is 0. The average Bonchev–Trinajstić information content (AvgIpc) is 3.87. The zero-order valence-corrected chi connectivity index (χ0v) is 43.2. The van der Waals surface area contributed by atoms with E-state index in [9.17, 15) is 0 Å². The van der Waals surface area contributed by atoms with E-state index >= 15 is 0 Å². The van der Waals surface area contributed by atoms with Crippen molar-refractivity contribution < 1.29 is 20.1 Å². The van der Waals surface area contributed by atoms with Crippen LogP contribution < -0.4 is 9.80 Å². The molecule has 356 valence electrons. The first-order valence-electron chi connectivity index (χ1n) is 25.1. The van der Waals surface area contributed by atoms with Crippen molar-refractivity contribution in [2.45, 2.75) is 25.7 Å². The maximum atomic E-state index is 5.05. The number of nitrogens with zero attached hydrogens (tertiary/aromatic N) is 4. The minimum absolute atomic E-state index is 0. The number of hydrogen-bond donors (Lipinski definition) is 0. The van der Waals surface area contributed by atoms with Crippen LogP contribution in [0, 0.1) is 18.8 Å². The van der Waals surface area contributed by atoms with Gasteiger partial charge in [0.15, 0.2) is 0 Å². The van der Waals surface area contributed by atoms with Gasteiger partial charge in [0.25, 0.3) is 0 Å². The molecule has 0 fully saturated rings. The molecule has 1 aliphatic rings. The van der Waals surface area contributed by atoms with E-state index in [-0.39, 0.29) is 20.1 Å². The molecule has 9 aromatic carbocycles. The predicted molar refractivity (Wildman–Crippen MR) is 301 cm³/mol. The maximum Gasteiger partial charge on any atom is 3.00 e. The summed E-state index contributed by atoms with van der Waals surface area (Å²) in [5.74, 6) is 0. The Morgan fingerprint density at radius 3 is 1.55 bits per heavy atom. The Morgan fingerprint density at radius 1 is 0.365 bits per heavy atom. The van der Waals surface area contributed by atoms with Gasteiger partial charge in [0.1, 0.15) is 0 Å². The number of rotatable bonds is 14. The summed E-state index contributed by atoms with van der Waals surface area (Å²) in [5, 5.41) is 0. The third kappa shape index (κ3) is 10.5. The van der Waals surface area contributed by atoms with E-state index in [1.165, 1.54) is 44.5 Å². The van der Waals surface area contributed by atoms with E-state index in [0.29, 0.717) is 0 Å². The van der Waals surface area contributed by atoms with Crippen molar-refractivity contribution in [1.82, 2.24) is 9.97 Å². The quantitative estimate of drug-likeness (QED) is 0.102. The largest absolute Gasteiger partial charge is 3.00 e. The van der Waals surface area contributed by atoms with Crippen molar-refractivity contribution in [1.29, 1.82) is 0 Å². The number of anilines is 4. The fourth-order valence-corrected chi connectivity index (χ4v) is 9.97. The molecule has 3 heterocycles. The molecule has 0 radical (unpaired) electrons. The molecule has 5 heteroatoms. The Balaban J connectivity index is 0.00000588. The van der Waals surface area contributed by atoms with Crippen molar-refractivity contribution in [2.75, 3.05) is 9.80 Å². The summed E-state index contributed by atoms with van der Waals surface area (Å²) in [4.78, 5) is 14.4. The minimum Gasteiger partial charge on any atom is -0.493 e. The molecular weight excluding hydrogens is 1080 g/mol. The van der Waals surface area contributed by atoms with Gasteiger partial charge in [-0.3, -0.25) is 4.98 Å². The SMILES string of the molecule is [Ir+3].[c-]1ccc(-c2ccc(-c3ccccc3)cc2)cc1-c1ccc(-c2ccccc2-c2cc(CCc3c[c-]c(N4[CH-]N(c5ccccc5)c5ccccc54)cc3)cc(CCc3ccc(-c4ccccc4)nc3)c2)cn1. The van der Waals surface area contributed by atoms with Crippen LogP contribution in [0.1, 0.15) is 22.3 Å². The third-order valence-electron chi connectivity index (χ3n) is 13.9. The van der Waals surface area contributed by atoms with Crippen LogP contribution in [0.25, 0.3) is 67.0 Å². The van der Waals surface area contributed by atoms with Crippen molar-refractivity contribution in [2.24, 2.45) is 0 Å². The Bertz CT molecular complexity index is 3620. The average molecular weight is 1130 g/mol. The smallest absolute Gasteiger partial charge is 0.493 e. The second-order valence-electron chi connectivity index (χ2n) is 18.6. The molecule has 0 N–H and O–H groups in total. The van der Waals surface area contributed by atoms with Crippen molar-refractivity contribution >= 4 is 22.7 Å². The third-order valence-corrected chi connectivity index (χ3v) is 13.9. The van der Waals surface area contributed by atoms with Crippen LogP contribution in [-0.4, -0.2) is 9.97 Å².